The molecule has 1 heterocycles. The number of imidazole rings is 1. The van der Waals surface area contributed by atoms with Crippen molar-refractivity contribution < 1.29 is 9.90 Å². The van der Waals surface area contributed by atoms with Crippen LogP contribution in [0.15, 0.2) is 0 Å². The standard InChI is InChI=1S/C8H10N2O2/c11-8(12)7-9-5-3-1-2-4-6(5)10-7/h1-4H2,(H,9,10)(H,11,12). The first-order valence-corrected chi connectivity index (χ1v) is 4.08. The minimum Gasteiger partial charge on any atom is -0.475 e. The molecule has 0 saturated heterocycles. The summed E-state index contributed by atoms with van der Waals surface area (Å²) < 4.78 is 0. The number of aromatic nitrogens is 2. The molecule has 4 heteroatoms. The molecule has 12 heavy (non-hydrogen) atoms. The molecule has 2 N–H and O–H groups in total. The zero-order valence-electron chi connectivity index (χ0n) is 6.63. The minimum absolute atomic E-state index is 0.0851. The van der Waals surface area contributed by atoms with E-state index < -0.39 is 5.97 Å². The second-order valence-corrected chi connectivity index (χ2v) is 3.02. The molecule has 0 aliphatic heterocycles. The highest BCUT2D eigenvalue weighted by molar-refractivity contribution is 5.83. The van der Waals surface area contributed by atoms with Gasteiger partial charge >= 0.3 is 5.97 Å². The van der Waals surface area contributed by atoms with Crippen LogP contribution in [0.1, 0.15) is 34.8 Å². The topological polar surface area (TPSA) is 66.0 Å². The molecule has 64 valence electrons. The zero-order chi connectivity index (χ0) is 8.55. The fraction of sp³-hybridized carbons (Fsp3) is 0.500. The molecular weight excluding hydrogens is 156 g/mol. The summed E-state index contributed by atoms with van der Waals surface area (Å²) in [5.74, 6) is -0.883. The molecule has 0 radical (unpaired) electrons. The fourth-order valence-corrected chi connectivity index (χ4v) is 1.55. The minimum atomic E-state index is -0.968. The van der Waals surface area contributed by atoms with E-state index >= 15 is 0 Å². The molecule has 0 spiro atoms. The fourth-order valence-electron chi connectivity index (χ4n) is 1.55. The van der Waals surface area contributed by atoms with Gasteiger partial charge in [0.1, 0.15) is 0 Å². The quantitative estimate of drug-likeness (QED) is 0.653. The summed E-state index contributed by atoms with van der Waals surface area (Å²) in [5, 5.41) is 8.64. The van der Waals surface area contributed by atoms with Crippen LogP contribution in [0.5, 0.6) is 0 Å². The second-order valence-electron chi connectivity index (χ2n) is 3.02. The molecule has 4 nitrogen and oxygen atoms in total. The van der Waals surface area contributed by atoms with Gasteiger partial charge in [0.25, 0.3) is 0 Å². The number of fused-ring (bicyclic) bond motifs is 1. The van der Waals surface area contributed by atoms with Crippen LogP contribution in [0, 0.1) is 0 Å². The maximum Gasteiger partial charge on any atom is 0.371 e. The number of H-pyrrole nitrogens is 1. The van der Waals surface area contributed by atoms with Crippen LogP contribution >= 0.6 is 0 Å². The average molecular weight is 166 g/mol. The van der Waals surface area contributed by atoms with Gasteiger partial charge < -0.3 is 10.1 Å². The number of hydrogen-bond acceptors (Lipinski definition) is 2. The van der Waals surface area contributed by atoms with Gasteiger partial charge in [-0.1, -0.05) is 0 Å². The molecule has 1 aliphatic carbocycles. The lowest BCUT2D eigenvalue weighted by atomic mass is 10.0. The van der Waals surface area contributed by atoms with Crippen LogP contribution in [0.2, 0.25) is 0 Å². The Labute approximate surface area is 69.6 Å². The van der Waals surface area contributed by atoms with Crippen LogP contribution in [0.3, 0.4) is 0 Å². The predicted molar refractivity (Wildman–Crippen MR) is 42.2 cm³/mol. The molecule has 0 unspecified atom stereocenters. The zero-order valence-corrected chi connectivity index (χ0v) is 6.63. The number of aromatic carboxylic acids is 1. The Hall–Kier alpha value is -1.32. The lowest BCUT2D eigenvalue weighted by Crippen LogP contribution is -2.00. The normalized spacial score (nSPS) is 15.7. The molecule has 2 rings (SSSR count). The van der Waals surface area contributed by atoms with Crippen molar-refractivity contribution in [2.75, 3.05) is 0 Å². The van der Waals surface area contributed by atoms with Crippen molar-refractivity contribution in [3.8, 4) is 0 Å². The highest BCUT2D eigenvalue weighted by Gasteiger charge is 2.16. The molecule has 0 atom stereocenters. The summed E-state index contributed by atoms with van der Waals surface area (Å²) >= 11 is 0. The smallest absolute Gasteiger partial charge is 0.371 e. The number of nitrogens with zero attached hydrogens (tertiary/aromatic N) is 1. The molecule has 1 aliphatic rings. The number of carbonyl (C=O) groups is 1. The second kappa shape index (κ2) is 2.62. The number of nitrogens with one attached hydrogen (secondary N) is 1. The number of aromatic amines is 1. The van der Waals surface area contributed by atoms with E-state index in [1.54, 1.807) is 0 Å². The van der Waals surface area contributed by atoms with E-state index in [9.17, 15) is 4.79 Å². The van der Waals surface area contributed by atoms with Gasteiger partial charge in [-0.15, -0.1) is 0 Å². The average Bonchev–Trinajstić information content (AvgIpc) is 2.46. The molecule has 0 amide bonds. The number of aryl methyl sites for hydroxylation is 2. The van der Waals surface area contributed by atoms with E-state index in [1.807, 2.05) is 0 Å². The summed E-state index contributed by atoms with van der Waals surface area (Å²) in [6, 6.07) is 0. The molecule has 0 aromatic carbocycles. The van der Waals surface area contributed by atoms with Crippen LogP contribution in [0.25, 0.3) is 0 Å². The van der Waals surface area contributed by atoms with Gasteiger partial charge in [0.2, 0.25) is 5.82 Å². The highest BCUT2D eigenvalue weighted by Crippen LogP contribution is 2.18. The van der Waals surface area contributed by atoms with E-state index in [0.29, 0.717) is 0 Å². The Kier molecular flexibility index (Phi) is 1.60. The van der Waals surface area contributed by atoms with Gasteiger partial charge in [0.15, 0.2) is 0 Å². The van der Waals surface area contributed by atoms with Gasteiger partial charge in [0.05, 0.1) is 5.69 Å². The van der Waals surface area contributed by atoms with Crippen molar-refractivity contribution in [1.29, 1.82) is 0 Å². The largest absolute Gasteiger partial charge is 0.475 e. The Morgan fingerprint density at radius 3 is 2.83 bits per heavy atom. The number of hydrogen-bond donors (Lipinski definition) is 2. The monoisotopic (exact) mass is 166 g/mol. The summed E-state index contributed by atoms with van der Waals surface area (Å²) in [6.07, 6.45) is 4.11. The number of carboxylic acid groups (broad SMARTS) is 1. The lowest BCUT2D eigenvalue weighted by Gasteiger charge is -2.07. The van der Waals surface area contributed by atoms with E-state index in [0.717, 1.165) is 37.1 Å². The SMILES string of the molecule is O=C(O)c1nc2c([nH]1)CCCC2. The Balaban J connectivity index is 2.38. The van der Waals surface area contributed by atoms with Crippen LogP contribution in [-0.4, -0.2) is 21.0 Å². The van der Waals surface area contributed by atoms with Gasteiger partial charge in [-0.3, -0.25) is 0 Å². The maximum atomic E-state index is 10.5. The first-order chi connectivity index (χ1) is 5.77. The van der Waals surface area contributed by atoms with E-state index in [1.165, 1.54) is 0 Å². The van der Waals surface area contributed by atoms with Crippen LogP contribution in [0.4, 0.5) is 0 Å². The van der Waals surface area contributed by atoms with Crippen LogP contribution in [-0.2, 0) is 12.8 Å². The Morgan fingerprint density at radius 1 is 1.42 bits per heavy atom. The van der Waals surface area contributed by atoms with Crippen molar-refractivity contribution in [3.63, 3.8) is 0 Å². The lowest BCUT2D eigenvalue weighted by molar-refractivity contribution is 0.0684. The van der Waals surface area contributed by atoms with Gasteiger partial charge in [-0.2, -0.15) is 0 Å². The molecular formula is C8H10N2O2. The Morgan fingerprint density at radius 2 is 2.17 bits per heavy atom. The molecule has 0 saturated carbocycles. The van der Waals surface area contributed by atoms with E-state index in [-0.39, 0.29) is 5.82 Å². The van der Waals surface area contributed by atoms with E-state index in [2.05, 4.69) is 9.97 Å². The summed E-state index contributed by atoms with van der Waals surface area (Å²) in [6.45, 7) is 0. The molecule has 1 aromatic rings. The van der Waals surface area contributed by atoms with Gasteiger partial charge in [-0.25, -0.2) is 9.78 Å². The first-order valence-electron chi connectivity index (χ1n) is 4.08. The van der Waals surface area contributed by atoms with Crippen molar-refractivity contribution in [2.45, 2.75) is 25.7 Å². The van der Waals surface area contributed by atoms with E-state index in [4.69, 9.17) is 5.11 Å². The molecule has 0 bridgehead atoms. The maximum absolute atomic E-state index is 10.5. The van der Waals surface area contributed by atoms with Crippen molar-refractivity contribution >= 4 is 5.97 Å². The number of rotatable bonds is 1. The predicted octanol–water partition coefficient (Wildman–Crippen LogP) is 0.987. The first kappa shape index (κ1) is 7.34. The summed E-state index contributed by atoms with van der Waals surface area (Å²) in [5.41, 5.74) is 1.96. The van der Waals surface area contributed by atoms with Gasteiger partial charge in [-0.05, 0) is 25.7 Å². The van der Waals surface area contributed by atoms with Gasteiger partial charge in [0, 0.05) is 5.69 Å². The molecule has 1 aromatic heterocycles. The van der Waals surface area contributed by atoms with Crippen molar-refractivity contribution in [2.24, 2.45) is 0 Å². The Bertz CT molecular complexity index is 293. The van der Waals surface area contributed by atoms with Crippen LogP contribution < -0.4 is 0 Å². The third-order valence-electron chi connectivity index (χ3n) is 2.16. The third kappa shape index (κ3) is 1.09. The third-order valence-corrected chi connectivity index (χ3v) is 2.16. The summed E-state index contributed by atoms with van der Waals surface area (Å²) in [7, 11) is 0. The molecule has 0 fully saturated rings. The van der Waals surface area contributed by atoms with Crippen molar-refractivity contribution in [1.82, 2.24) is 9.97 Å². The highest BCUT2D eigenvalue weighted by atomic mass is 16.4. The number of carboxylic acids is 1. The van der Waals surface area contributed by atoms with Crippen molar-refractivity contribution in [3.05, 3.63) is 17.2 Å². The summed E-state index contributed by atoms with van der Waals surface area (Å²) in [4.78, 5) is 17.3.